The quantitative estimate of drug-likeness (QED) is 0.402. The zero-order valence-electron chi connectivity index (χ0n) is 18.7. The smallest absolute Gasteiger partial charge is 0.414 e. The molecule has 1 aliphatic heterocycles. The van der Waals surface area contributed by atoms with Gasteiger partial charge in [0.1, 0.15) is 11.8 Å². The molecule has 1 amide bonds. The molecule has 1 saturated heterocycles. The molecule has 0 radical (unpaired) electrons. The summed E-state index contributed by atoms with van der Waals surface area (Å²) in [4.78, 5) is 49.4. The van der Waals surface area contributed by atoms with Crippen LogP contribution >= 0.6 is 0 Å². The predicted molar refractivity (Wildman–Crippen MR) is 122 cm³/mol. The molecule has 0 spiro atoms. The van der Waals surface area contributed by atoms with E-state index in [0.717, 1.165) is 19.6 Å². The average molecular weight is 460 g/mol. The van der Waals surface area contributed by atoms with E-state index in [1.165, 1.54) is 17.7 Å². The molecule has 4 N–H and O–H groups in total. The summed E-state index contributed by atoms with van der Waals surface area (Å²) in [5.41, 5.74) is 0.0562. The number of anilines is 2. The average Bonchev–Trinajstić information content (AvgIpc) is 3.27. The Morgan fingerprint density at radius 2 is 1.91 bits per heavy atom. The van der Waals surface area contributed by atoms with Crippen LogP contribution in [0.3, 0.4) is 0 Å². The van der Waals surface area contributed by atoms with E-state index in [4.69, 9.17) is 4.74 Å². The Morgan fingerprint density at radius 1 is 1.21 bits per heavy atom. The van der Waals surface area contributed by atoms with Crippen molar-refractivity contribution in [1.29, 1.82) is 0 Å². The Morgan fingerprint density at radius 3 is 2.55 bits per heavy atom. The number of amides is 1. The SMILES string of the molecule is CN(C)C(=O)Oc1ccc(C[C@H](Nc2nc(NCCN3CCCC3)[nH]c(=O)n2)C(=O)O)cc1. The highest BCUT2D eigenvalue weighted by Crippen LogP contribution is 2.15. The lowest BCUT2D eigenvalue weighted by atomic mass is 10.1. The predicted octanol–water partition coefficient (Wildman–Crippen LogP) is 0.841. The van der Waals surface area contributed by atoms with Gasteiger partial charge in [0, 0.05) is 33.6 Å². The Bertz CT molecular complexity index is 1000. The van der Waals surface area contributed by atoms with Crippen LogP contribution in [0.4, 0.5) is 16.7 Å². The zero-order valence-corrected chi connectivity index (χ0v) is 18.7. The number of nitrogens with one attached hydrogen (secondary N) is 3. The number of rotatable bonds is 10. The number of hydrogen-bond acceptors (Lipinski definition) is 9. The first-order valence-electron chi connectivity index (χ1n) is 10.7. The second kappa shape index (κ2) is 11.3. The molecule has 1 aromatic carbocycles. The molecule has 1 atom stereocenters. The van der Waals surface area contributed by atoms with Crippen LogP contribution in [0, 0.1) is 0 Å². The number of carbonyl (C=O) groups excluding carboxylic acids is 1. The summed E-state index contributed by atoms with van der Waals surface area (Å²) in [6.45, 7) is 3.55. The number of aliphatic carboxylic acids is 1. The minimum absolute atomic E-state index is 0.0774. The van der Waals surface area contributed by atoms with Crippen molar-refractivity contribution < 1.29 is 19.4 Å². The Hall–Kier alpha value is -3.67. The molecule has 0 bridgehead atoms. The van der Waals surface area contributed by atoms with Gasteiger partial charge < -0.3 is 30.3 Å². The second-order valence-electron chi connectivity index (χ2n) is 7.95. The summed E-state index contributed by atoms with van der Waals surface area (Å²) in [5, 5.41) is 15.4. The Balaban J connectivity index is 1.60. The molecule has 0 unspecified atom stereocenters. The maximum Gasteiger partial charge on any atom is 0.414 e. The molecular weight excluding hydrogens is 430 g/mol. The number of aromatic nitrogens is 3. The monoisotopic (exact) mass is 459 g/mol. The van der Waals surface area contributed by atoms with E-state index in [9.17, 15) is 19.5 Å². The van der Waals surface area contributed by atoms with Gasteiger partial charge in [0.05, 0.1) is 0 Å². The van der Waals surface area contributed by atoms with Crippen molar-refractivity contribution in [3.63, 3.8) is 0 Å². The van der Waals surface area contributed by atoms with Crippen LogP contribution in [0.15, 0.2) is 29.1 Å². The molecular formula is C21H29N7O5. The summed E-state index contributed by atoms with van der Waals surface area (Å²) >= 11 is 0. The molecule has 0 aliphatic carbocycles. The first-order chi connectivity index (χ1) is 15.8. The fourth-order valence-corrected chi connectivity index (χ4v) is 3.35. The third kappa shape index (κ3) is 7.45. The van der Waals surface area contributed by atoms with Crippen LogP contribution in [-0.2, 0) is 11.2 Å². The molecule has 1 fully saturated rings. The van der Waals surface area contributed by atoms with Gasteiger partial charge in [-0.15, -0.1) is 0 Å². The standard InChI is InChI=1S/C21H29N7O5/c1-27(2)21(32)33-15-7-5-14(6-8-15)13-16(17(29)30)23-19-24-18(25-20(31)26-19)22-9-12-28-10-3-4-11-28/h5-8,16H,3-4,9-13H2,1-2H3,(H,29,30)(H3,22,23,24,25,26,31)/t16-/m0/s1. The molecule has 0 saturated carbocycles. The third-order valence-electron chi connectivity index (χ3n) is 5.10. The molecule has 12 nitrogen and oxygen atoms in total. The summed E-state index contributed by atoms with van der Waals surface area (Å²) in [6, 6.07) is 5.43. The van der Waals surface area contributed by atoms with Crippen molar-refractivity contribution in [3.05, 3.63) is 40.3 Å². The third-order valence-corrected chi connectivity index (χ3v) is 5.10. The molecule has 12 heteroatoms. The van der Waals surface area contributed by atoms with Gasteiger partial charge >= 0.3 is 17.8 Å². The van der Waals surface area contributed by atoms with Crippen molar-refractivity contribution in [2.75, 3.05) is 50.9 Å². The molecule has 3 rings (SSSR count). The number of nitrogens with zero attached hydrogens (tertiary/aromatic N) is 4. The maximum absolute atomic E-state index is 11.9. The fraction of sp³-hybridized carbons (Fsp3) is 0.476. The van der Waals surface area contributed by atoms with E-state index in [1.54, 1.807) is 38.4 Å². The topological polar surface area (TPSA) is 153 Å². The number of carboxylic acid groups (broad SMARTS) is 1. The number of benzene rings is 1. The van der Waals surface area contributed by atoms with Crippen molar-refractivity contribution >= 4 is 24.0 Å². The van der Waals surface area contributed by atoms with Crippen LogP contribution in [0.25, 0.3) is 0 Å². The van der Waals surface area contributed by atoms with Crippen molar-refractivity contribution in [1.82, 2.24) is 24.8 Å². The van der Waals surface area contributed by atoms with Crippen LogP contribution in [-0.4, -0.2) is 88.2 Å². The van der Waals surface area contributed by atoms with E-state index in [2.05, 4.69) is 30.5 Å². The zero-order chi connectivity index (χ0) is 23.8. The molecule has 33 heavy (non-hydrogen) atoms. The Kier molecular flexibility index (Phi) is 8.19. The lowest BCUT2D eigenvalue weighted by Gasteiger charge is -2.16. The summed E-state index contributed by atoms with van der Waals surface area (Å²) in [7, 11) is 3.15. The second-order valence-corrected chi connectivity index (χ2v) is 7.95. The molecule has 1 aromatic heterocycles. The normalized spacial score (nSPS) is 14.5. The van der Waals surface area contributed by atoms with Gasteiger partial charge in [0.25, 0.3) is 0 Å². The summed E-state index contributed by atoms with van der Waals surface area (Å²) in [5.74, 6) is -0.621. The first kappa shape index (κ1) is 24.0. The summed E-state index contributed by atoms with van der Waals surface area (Å²) in [6.07, 6.45) is 1.98. The molecule has 2 aromatic rings. The van der Waals surface area contributed by atoms with Gasteiger partial charge in [-0.2, -0.15) is 9.97 Å². The van der Waals surface area contributed by atoms with Crippen molar-refractivity contribution in [3.8, 4) is 5.75 Å². The number of carbonyl (C=O) groups is 2. The van der Waals surface area contributed by atoms with E-state index in [0.29, 0.717) is 17.9 Å². The Labute approximate surface area is 191 Å². The van der Waals surface area contributed by atoms with Crippen LogP contribution in [0.2, 0.25) is 0 Å². The fourth-order valence-electron chi connectivity index (χ4n) is 3.35. The number of hydrogen-bond donors (Lipinski definition) is 4. The van der Waals surface area contributed by atoms with Gasteiger partial charge in [0.2, 0.25) is 11.9 Å². The molecule has 2 heterocycles. The molecule has 1 aliphatic rings. The van der Waals surface area contributed by atoms with E-state index >= 15 is 0 Å². The highest BCUT2D eigenvalue weighted by Gasteiger charge is 2.20. The number of H-pyrrole nitrogens is 1. The number of aromatic amines is 1. The highest BCUT2D eigenvalue weighted by molar-refractivity contribution is 5.77. The van der Waals surface area contributed by atoms with Crippen molar-refractivity contribution in [2.45, 2.75) is 25.3 Å². The number of likely N-dealkylation sites (tertiary alicyclic amines) is 1. The van der Waals surface area contributed by atoms with E-state index in [-0.39, 0.29) is 18.3 Å². The minimum Gasteiger partial charge on any atom is -0.480 e. The highest BCUT2D eigenvalue weighted by atomic mass is 16.6. The lowest BCUT2D eigenvalue weighted by molar-refractivity contribution is -0.137. The number of ether oxygens (including phenoxy) is 1. The molecule has 178 valence electrons. The van der Waals surface area contributed by atoms with E-state index < -0.39 is 23.8 Å². The first-order valence-corrected chi connectivity index (χ1v) is 10.7. The largest absolute Gasteiger partial charge is 0.480 e. The maximum atomic E-state index is 11.9. The van der Waals surface area contributed by atoms with E-state index in [1.807, 2.05) is 0 Å². The number of carboxylic acids is 1. The lowest BCUT2D eigenvalue weighted by Crippen LogP contribution is -2.34. The van der Waals surface area contributed by atoms with Gasteiger partial charge in [-0.25, -0.2) is 14.4 Å². The van der Waals surface area contributed by atoms with Gasteiger partial charge in [-0.05, 0) is 43.6 Å². The van der Waals surface area contributed by atoms with Crippen LogP contribution in [0.5, 0.6) is 5.75 Å². The van der Waals surface area contributed by atoms with Crippen LogP contribution < -0.4 is 21.1 Å². The summed E-state index contributed by atoms with van der Waals surface area (Å²) < 4.78 is 5.16. The minimum atomic E-state index is -1.12. The van der Waals surface area contributed by atoms with Gasteiger partial charge in [-0.1, -0.05) is 12.1 Å². The van der Waals surface area contributed by atoms with Gasteiger partial charge in [0.15, 0.2) is 0 Å². The van der Waals surface area contributed by atoms with Crippen LogP contribution in [0.1, 0.15) is 18.4 Å². The van der Waals surface area contributed by atoms with Gasteiger partial charge in [-0.3, -0.25) is 4.98 Å². The van der Waals surface area contributed by atoms with Crippen molar-refractivity contribution in [2.24, 2.45) is 0 Å².